The SMILES string of the molecule is CN(C)C(=O)c1ccc(N2CCC(CCCN(C)C(=O)[C@](O)(c3cccc(C4CC4)c3)C(F)(F)F)CC2)cc1Cl. The van der Waals surface area contributed by atoms with E-state index in [4.69, 9.17) is 11.6 Å². The summed E-state index contributed by atoms with van der Waals surface area (Å²) in [6.07, 6.45) is -0.242. The van der Waals surface area contributed by atoms with Gasteiger partial charge in [-0.3, -0.25) is 9.59 Å². The fraction of sp³-hybridized carbons (Fsp3) is 0.533. The summed E-state index contributed by atoms with van der Waals surface area (Å²) in [5.41, 5.74) is -1.88. The molecular formula is C30H37ClF3N3O3. The molecule has 2 aromatic rings. The van der Waals surface area contributed by atoms with E-state index in [1.165, 1.54) is 30.1 Å². The molecule has 0 unspecified atom stereocenters. The molecule has 2 fully saturated rings. The second-order valence-corrected chi connectivity index (χ2v) is 11.7. The number of alkyl halides is 3. The number of amides is 2. The first-order valence-corrected chi connectivity index (χ1v) is 14.1. The van der Waals surface area contributed by atoms with Crippen LogP contribution < -0.4 is 4.90 Å². The summed E-state index contributed by atoms with van der Waals surface area (Å²) < 4.78 is 42.4. The number of piperidine rings is 1. The Balaban J connectivity index is 1.30. The highest BCUT2D eigenvalue weighted by Crippen LogP contribution is 2.44. The number of anilines is 1. The first-order valence-electron chi connectivity index (χ1n) is 13.7. The summed E-state index contributed by atoms with van der Waals surface area (Å²) in [6.45, 7) is 1.71. The number of halogens is 4. The molecule has 4 rings (SSSR count). The van der Waals surface area contributed by atoms with Gasteiger partial charge in [-0.1, -0.05) is 35.9 Å². The number of likely N-dealkylation sites (N-methyl/N-ethyl adjacent to an activating group) is 1. The summed E-state index contributed by atoms with van der Waals surface area (Å²) in [5, 5.41) is 11.2. The van der Waals surface area contributed by atoms with Crippen LogP contribution in [0.3, 0.4) is 0 Å². The zero-order chi connectivity index (χ0) is 29.2. The Morgan fingerprint density at radius 3 is 2.27 bits per heavy atom. The van der Waals surface area contributed by atoms with Crippen molar-refractivity contribution in [3.8, 4) is 0 Å². The third kappa shape index (κ3) is 6.41. The third-order valence-corrected chi connectivity index (χ3v) is 8.41. The number of nitrogens with zero attached hydrogens (tertiary/aromatic N) is 3. The average molecular weight is 580 g/mol. The van der Waals surface area contributed by atoms with E-state index in [1.807, 2.05) is 6.07 Å². The predicted molar refractivity (Wildman–Crippen MR) is 150 cm³/mol. The highest BCUT2D eigenvalue weighted by atomic mass is 35.5. The van der Waals surface area contributed by atoms with Crippen molar-refractivity contribution in [2.24, 2.45) is 5.92 Å². The molecule has 2 amide bonds. The maximum Gasteiger partial charge on any atom is 0.430 e. The van der Waals surface area contributed by atoms with Crippen LogP contribution in [0.5, 0.6) is 0 Å². The van der Waals surface area contributed by atoms with E-state index in [1.54, 1.807) is 32.3 Å². The zero-order valence-corrected chi connectivity index (χ0v) is 23.9. The van der Waals surface area contributed by atoms with Crippen LogP contribution in [0.1, 0.15) is 65.9 Å². The van der Waals surface area contributed by atoms with Crippen LogP contribution in [0.2, 0.25) is 5.02 Å². The van der Waals surface area contributed by atoms with E-state index in [0.29, 0.717) is 22.9 Å². The number of hydrogen-bond acceptors (Lipinski definition) is 4. The van der Waals surface area contributed by atoms with Gasteiger partial charge in [0.05, 0.1) is 10.6 Å². The zero-order valence-electron chi connectivity index (χ0n) is 23.2. The Labute approximate surface area is 238 Å². The molecule has 1 saturated heterocycles. The van der Waals surface area contributed by atoms with Gasteiger partial charge in [0, 0.05) is 52.0 Å². The van der Waals surface area contributed by atoms with Crippen molar-refractivity contribution in [3.63, 3.8) is 0 Å². The lowest BCUT2D eigenvalue weighted by Gasteiger charge is -2.35. The molecular weight excluding hydrogens is 543 g/mol. The van der Waals surface area contributed by atoms with Crippen molar-refractivity contribution < 1.29 is 27.9 Å². The van der Waals surface area contributed by atoms with Crippen molar-refractivity contribution in [1.29, 1.82) is 0 Å². The van der Waals surface area contributed by atoms with Crippen LogP contribution >= 0.6 is 11.6 Å². The lowest BCUT2D eigenvalue weighted by Crippen LogP contribution is -2.55. The molecule has 0 bridgehead atoms. The fourth-order valence-corrected chi connectivity index (χ4v) is 5.69. The van der Waals surface area contributed by atoms with Crippen LogP contribution in [0.4, 0.5) is 18.9 Å². The molecule has 6 nitrogen and oxygen atoms in total. The molecule has 1 heterocycles. The van der Waals surface area contributed by atoms with Gasteiger partial charge in [0.2, 0.25) is 0 Å². The highest BCUT2D eigenvalue weighted by Gasteiger charge is 2.61. The Kier molecular flexibility index (Phi) is 9.05. The molecule has 1 N–H and O–H groups in total. The number of carbonyl (C=O) groups is 2. The molecule has 1 aliphatic heterocycles. The Morgan fingerprint density at radius 2 is 1.70 bits per heavy atom. The fourth-order valence-electron chi connectivity index (χ4n) is 5.43. The predicted octanol–water partition coefficient (Wildman–Crippen LogP) is 5.82. The van der Waals surface area contributed by atoms with Crippen LogP contribution in [-0.2, 0) is 10.4 Å². The summed E-state index contributed by atoms with van der Waals surface area (Å²) in [5.74, 6) is -0.933. The minimum absolute atomic E-state index is 0.122. The van der Waals surface area contributed by atoms with Crippen LogP contribution in [-0.4, -0.2) is 73.7 Å². The van der Waals surface area contributed by atoms with Crippen molar-refractivity contribution in [2.45, 2.75) is 56.2 Å². The van der Waals surface area contributed by atoms with Gasteiger partial charge in [0.25, 0.3) is 17.4 Å². The maximum absolute atomic E-state index is 14.1. The first-order chi connectivity index (χ1) is 18.8. The third-order valence-electron chi connectivity index (χ3n) is 8.09. The standard InChI is InChI=1S/C30H37ClF3N3O3/c1-35(2)27(38)25-12-11-24(19-26(25)31)37-16-13-20(14-17-37)6-5-15-36(3)28(39)29(40,30(32,33)34)23-8-4-7-22(18-23)21-9-10-21/h4,7-8,11-12,18-21,40H,5-6,9-10,13-17H2,1-3H3/t29-/m1/s1. The summed E-state index contributed by atoms with van der Waals surface area (Å²) in [6, 6.07) is 11.2. The molecule has 1 saturated carbocycles. The van der Waals surface area contributed by atoms with Crippen molar-refractivity contribution >= 4 is 29.1 Å². The smallest absolute Gasteiger partial charge is 0.371 e. The van der Waals surface area contributed by atoms with Gasteiger partial charge < -0.3 is 19.8 Å². The number of hydrogen-bond donors (Lipinski definition) is 1. The molecule has 2 aromatic carbocycles. The number of carbonyl (C=O) groups excluding carboxylic acids is 2. The minimum atomic E-state index is -5.14. The lowest BCUT2D eigenvalue weighted by molar-refractivity contribution is -0.261. The van der Waals surface area contributed by atoms with E-state index in [2.05, 4.69) is 4.90 Å². The van der Waals surface area contributed by atoms with Gasteiger partial charge in [-0.15, -0.1) is 0 Å². The van der Waals surface area contributed by atoms with Gasteiger partial charge in [-0.05, 0) is 74.1 Å². The van der Waals surface area contributed by atoms with E-state index in [0.717, 1.165) is 61.3 Å². The van der Waals surface area contributed by atoms with Gasteiger partial charge in [0.1, 0.15) is 0 Å². The number of benzene rings is 2. The molecule has 10 heteroatoms. The topological polar surface area (TPSA) is 64.1 Å². The molecule has 2 aliphatic rings. The highest BCUT2D eigenvalue weighted by molar-refractivity contribution is 6.34. The lowest BCUT2D eigenvalue weighted by atomic mass is 9.89. The second kappa shape index (κ2) is 12.0. The summed E-state index contributed by atoms with van der Waals surface area (Å²) in [4.78, 5) is 30.0. The van der Waals surface area contributed by atoms with E-state index >= 15 is 0 Å². The molecule has 1 aliphatic carbocycles. The van der Waals surface area contributed by atoms with Crippen molar-refractivity contribution in [1.82, 2.24) is 9.80 Å². The molecule has 0 spiro atoms. The molecule has 0 radical (unpaired) electrons. The average Bonchev–Trinajstić information content (AvgIpc) is 3.77. The Hall–Kier alpha value is -2.78. The maximum atomic E-state index is 14.1. The van der Waals surface area contributed by atoms with Gasteiger partial charge in [0.15, 0.2) is 0 Å². The van der Waals surface area contributed by atoms with Crippen molar-refractivity contribution in [3.05, 3.63) is 64.2 Å². The quantitative estimate of drug-likeness (QED) is 0.406. The van der Waals surface area contributed by atoms with Crippen molar-refractivity contribution in [2.75, 3.05) is 45.7 Å². The second-order valence-electron chi connectivity index (χ2n) is 11.3. The van der Waals surface area contributed by atoms with Gasteiger partial charge in [-0.2, -0.15) is 13.2 Å². The molecule has 1 atom stereocenters. The first kappa shape index (κ1) is 30.2. The van der Waals surface area contributed by atoms with Crippen LogP contribution in [0, 0.1) is 5.92 Å². The molecule has 0 aromatic heterocycles. The van der Waals surface area contributed by atoms with Crippen LogP contribution in [0.25, 0.3) is 0 Å². The van der Waals surface area contributed by atoms with Gasteiger partial charge in [-0.25, -0.2) is 0 Å². The monoisotopic (exact) mass is 579 g/mol. The van der Waals surface area contributed by atoms with E-state index in [-0.39, 0.29) is 18.4 Å². The van der Waals surface area contributed by atoms with E-state index in [9.17, 15) is 27.9 Å². The number of aliphatic hydroxyl groups is 1. The van der Waals surface area contributed by atoms with Crippen LogP contribution in [0.15, 0.2) is 42.5 Å². The molecule has 218 valence electrons. The summed E-state index contributed by atoms with van der Waals surface area (Å²) in [7, 11) is 4.67. The normalized spacial score (nSPS) is 17.9. The van der Waals surface area contributed by atoms with Gasteiger partial charge >= 0.3 is 6.18 Å². The summed E-state index contributed by atoms with van der Waals surface area (Å²) >= 11 is 6.37. The Morgan fingerprint density at radius 1 is 1.02 bits per heavy atom. The molecule has 40 heavy (non-hydrogen) atoms. The number of rotatable bonds is 9. The minimum Gasteiger partial charge on any atom is -0.371 e. The van der Waals surface area contributed by atoms with E-state index < -0.39 is 23.2 Å². The largest absolute Gasteiger partial charge is 0.430 e. The Bertz CT molecular complexity index is 1230.